The van der Waals surface area contributed by atoms with Gasteiger partial charge in [0.25, 0.3) is 0 Å². The van der Waals surface area contributed by atoms with Gasteiger partial charge in [-0.2, -0.15) is 0 Å². The smallest absolute Gasteiger partial charge is 0.149 e. The van der Waals surface area contributed by atoms with Crippen LogP contribution in [0, 0.1) is 0 Å². The number of pyridine rings is 1. The minimum atomic E-state index is 0.273. The van der Waals surface area contributed by atoms with Gasteiger partial charge < -0.3 is 11.1 Å². The van der Waals surface area contributed by atoms with Crippen LogP contribution in [-0.2, 0) is 0 Å². The van der Waals surface area contributed by atoms with E-state index >= 15 is 0 Å². The van der Waals surface area contributed by atoms with Crippen molar-refractivity contribution >= 4 is 11.5 Å². The Kier molecular flexibility index (Phi) is 3.76. The first-order valence-electron chi connectivity index (χ1n) is 6.69. The molecule has 2 rings (SSSR count). The first kappa shape index (κ1) is 13.1. The van der Waals surface area contributed by atoms with Crippen LogP contribution in [0.4, 0.5) is 11.5 Å². The maximum absolute atomic E-state index is 5.90. The minimum absolute atomic E-state index is 0.273. The summed E-state index contributed by atoms with van der Waals surface area (Å²) in [5.74, 6) is 0.826. The second-order valence-electron chi connectivity index (χ2n) is 6.02. The zero-order valence-corrected chi connectivity index (χ0v) is 11.6. The van der Waals surface area contributed by atoms with Crippen LogP contribution in [0.1, 0.15) is 33.6 Å². The molecule has 4 heteroatoms. The third kappa shape index (κ3) is 3.13. The molecule has 0 unspecified atom stereocenters. The molecule has 0 aromatic carbocycles. The van der Waals surface area contributed by atoms with Crippen LogP contribution in [0.5, 0.6) is 0 Å². The van der Waals surface area contributed by atoms with Gasteiger partial charge in [0.2, 0.25) is 0 Å². The van der Waals surface area contributed by atoms with Crippen LogP contribution in [0.3, 0.4) is 0 Å². The van der Waals surface area contributed by atoms with Crippen LogP contribution >= 0.6 is 0 Å². The maximum Gasteiger partial charge on any atom is 0.149 e. The average molecular weight is 248 g/mol. The van der Waals surface area contributed by atoms with E-state index in [0.717, 1.165) is 37.4 Å². The van der Waals surface area contributed by atoms with Gasteiger partial charge in [-0.05, 0) is 45.7 Å². The number of hydrogen-bond donors (Lipinski definition) is 2. The highest BCUT2D eigenvalue weighted by atomic mass is 15.2. The van der Waals surface area contributed by atoms with Crippen LogP contribution in [0.15, 0.2) is 18.3 Å². The fourth-order valence-electron chi connectivity index (χ4n) is 2.43. The van der Waals surface area contributed by atoms with Gasteiger partial charge in [-0.1, -0.05) is 0 Å². The van der Waals surface area contributed by atoms with Crippen molar-refractivity contribution in [2.24, 2.45) is 0 Å². The van der Waals surface area contributed by atoms with Crippen molar-refractivity contribution in [2.75, 3.05) is 24.1 Å². The number of anilines is 2. The van der Waals surface area contributed by atoms with E-state index in [2.05, 4.69) is 36.0 Å². The molecule has 0 atom stereocenters. The zero-order chi connectivity index (χ0) is 13.2. The van der Waals surface area contributed by atoms with E-state index in [4.69, 9.17) is 5.73 Å². The summed E-state index contributed by atoms with van der Waals surface area (Å²) in [5.41, 5.74) is 6.90. The molecule has 0 amide bonds. The number of nitrogens with two attached hydrogens (primary N) is 1. The van der Waals surface area contributed by atoms with Crippen LogP contribution in [0.2, 0.25) is 0 Å². The Hall–Kier alpha value is -1.29. The summed E-state index contributed by atoms with van der Waals surface area (Å²) in [6, 6.07) is 4.24. The van der Waals surface area contributed by atoms with Crippen molar-refractivity contribution in [2.45, 2.75) is 45.2 Å². The molecule has 1 aliphatic rings. The Morgan fingerprint density at radius 2 is 2.00 bits per heavy atom. The molecule has 4 nitrogen and oxygen atoms in total. The minimum Gasteiger partial charge on any atom is -0.396 e. The van der Waals surface area contributed by atoms with E-state index in [1.165, 1.54) is 0 Å². The van der Waals surface area contributed by atoms with Gasteiger partial charge in [0.05, 0.1) is 5.69 Å². The van der Waals surface area contributed by atoms with Gasteiger partial charge in [0.15, 0.2) is 0 Å². The van der Waals surface area contributed by atoms with E-state index in [-0.39, 0.29) is 5.54 Å². The molecule has 0 bridgehead atoms. The third-order valence-electron chi connectivity index (χ3n) is 3.62. The first-order valence-corrected chi connectivity index (χ1v) is 6.69. The van der Waals surface area contributed by atoms with Gasteiger partial charge >= 0.3 is 0 Å². The quantitative estimate of drug-likeness (QED) is 0.843. The molecule has 1 fully saturated rings. The normalized spacial score (nSPS) is 18.8. The predicted octanol–water partition coefficient (Wildman–Crippen LogP) is 2.34. The standard InChI is InChI=1S/C14H24N4/c1-14(2,3)18-9-6-11(7-10-18)17-13-12(15)5-4-8-16-13/h4-5,8,11H,6-7,9-10,15H2,1-3H3,(H,16,17). The fraction of sp³-hybridized carbons (Fsp3) is 0.643. The van der Waals surface area contributed by atoms with E-state index in [0.29, 0.717) is 6.04 Å². The number of piperidine rings is 1. The van der Waals surface area contributed by atoms with E-state index in [9.17, 15) is 0 Å². The summed E-state index contributed by atoms with van der Waals surface area (Å²) in [6.07, 6.45) is 4.07. The molecule has 0 saturated carbocycles. The summed E-state index contributed by atoms with van der Waals surface area (Å²) in [7, 11) is 0. The van der Waals surface area contributed by atoms with Gasteiger partial charge in [-0.3, -0.25) is 4.90 Å². The number of nitrogen functional groups attached to an aromatic ring is 1. The van der Waals surface area contributed by atoms with Gasteiger partial charge in [0.1, 0.15) is 5.82 Å². The maximum atomic E-state index is 5.90. The molecule has 0 spiro atoms. The molecular formula is C14H24N4. The number of rotatable bonds is 2. The van der Waals surface area contributed by atoms with Gasteiger partial charge in [0, 0.05) is 30.9 Å². The number of nitrogens with zero attached hydrogens (tertiary/aromatic N) is 2. The van der Waals surface area contributed by atoms with Crippen molar-refractivity contribution in [3.8, 4) is 0 Å². The summed E-state index contributed by atoms with van der Waals surface area (Å²) >= 11 is 0. The fourth-order valence-corrected chi connectivity index (χ4v) is 2.43. The largest absolute Gasteiger partial charge is 0.396 e. The van der Waals surface area contributed by atoms with Crippen LogP contribution in [0.25, 0.3) is 0 Å². The lowest BCUT2D eigenvalue weighted by molar-refractivity contribution is 0.106. The number of hydrogen-bond acceptors (Lipinski definition) is 4. The lowest BCUT2D eigenvalue weighted by atomic mass is 9.98. The summed E-state index contributed by atoms with van der Waals surface area (Å²) < 4.78 is 0. The van der Waals surface area contributed by atoms with Gasteiger partial charge in [-0.15, -0.1) is 0 Å². The second-order valence-corrected chi connectivity index (χ2v) is 6.02. The van der Waals surface area contributed by atoms with Gasteiger partial charge in [-0.25, -0.2) is 4.98 Å². The second kappa shape index (κ2) is 5.14. The molecule has 100 valence electrons. The van der Waals surface area contributed by atoms with Crippen molar-refractivity contribution in [1.29, 1.82) is 0 Å². The Bertz CT molecular complexity index is 389. The van der Waals surface area contributed by atoms with Crippen LogP contribution in [-0.4, -0.2) is 34.6 Å². The molecule has 1 aliphatic heterocycles. The Labute approximate surface area is 110 Å². The number of aromatic nitrogens is 1. The Morgan fingerprint density at radius 1 is 1.33 bits per heavy atom. The highest BCUT2D eigenvalue weighted by Gasteiger charge is 2.27. The number of likely N-dealkylation sites (tertiary alicyclic amines) is 1. The molecule has 1 saturated heterocycles. The Balaban J connectivity index is 1.90. The monoisotopic (exact) mass is 248 g/mol. The first-order chi connectivity index (χ1) is 8.47. The van der Waals surface area contributed by atoms with Crippen molar-refractivity contribution in [1.82, 2.24) is 9.88 Å². The molecule has 3 N–H and O–H groups in total. The lowest BCUT2D eigenvalue weighted by Gasteiger charge is -2.41. The van der Waals surface area contributed by atoms with Crippen LogP contribution < -0.4 is 11.1 Å². The summed E-state index contributed by atoms with van der Waals surface area (Å²) in [4.78, 5) is 6.83. The van der Waals surface area contributed by atoms with Crippen molar-refractivity contribution < 1.29 is 0 Å². The highest BCUT2D eigenvalue weighted by molar-refractivity contribution is 5.60. The predicted molar refractivity (Wildman–Crippen MR) is 76.6 cm³/mol. The average Bonchev–Trinajstić information content (AvgIpc) is 2.32. The number of nitrogens with one attached hydrogen (secondary N) is 1. The molecule has 1 aromatic heterocycles. The molecule has 0 aliphatic carbocycles. The SMILES string of the molecule is CC(C)(C)N1CCC(Nc2ncccc2N)CC1. The summed E-state index contributed by atoms with van der Waals surface area (Å²) in [6.45, 7) is 9.09. The Morgan fingerprint density at radius 3 is 2.56 bits per heavy atom. The summed E-state index contributed by atoms with van der Waals surface area (Å²) in [5, 5.41) is 3.46. The third-order valence-corrected chi connectivity index (χ3v) is 3.62. The van der Waals surface area contributed by atoms with E-state index in [1.807, 2.05) is 12.1 Å². The topological polar surface area (TPSA) is 54.2 Å². The van der Waals surface area contributed by atoms with E-state index < -0.39 is 0 Å². The highest BCUT2D eigenvalue weighted by Crippen LogP contribution is 2.23. The van der Waals surface area contributed by atoms with E-state index in [1.54, 1.807) is 6.20 Å². The molecular weight excluding hydrogens is 224 g/mol. The molecule has 0 radical (unpaired) electrons. The van der Waals surface area contributed by atoms with Crippen molar-refractivity contribution in [3.63, 3.8) is 0 Å². The molecule has 1 aromatic rings. The zero-order valence-electron chi connectivity index (χ0n) is 11.6. The molecule has 18 heavy (non-hydrogen) atoms. The van der Waals surface area contributed by atoms with Crippen molar-refractivity contribution in [3.05, 3.63) is 18.3 Å². The lowest BCUT2D eigenvalue weighted by Crippen LogP contribution is -2.48. The molecule has 2 heterocycles.